The molecule has 2 rings (SSSR count). The molecule has 1 aromatic heterocycles. The van der Waals surface area contributed by atoms with Gasteiger partial charge in [0.05, 0.1) is 38.0 Å². The fourth-order valence-electron chi connectivity index (χ4n) is 3.17. The van der Waals surface area contributed by atoms with Gasteiger partial charge in [0.25, 0.3) is 5.88 Å². The average molecular weight is 635 g/mol. The zero-order valence-electron chi connectivity index (χ0n) is 20.1. The van der Waals surface area contributed by atoms with E-state index < -0.39 is 20.8 Å². The first-order valence-electron chi connectivity index (χ1n) is 11.1. The van der Waals surface area contributed by atoms with E-state index >= 15 is 0 Å². The number of aromatic nitrogens is 2. The Kier molecular flexibility index (Phi) is 14.1. The molecule has 1 aliphatic heterocycles. The quantitative estimate of drug-likeness (QED) is 0.0800. The van der Waals surface area contributed by atoms with Crippen molar-refractivity contribution in [3.05, 3.63) is 11.8 Å². The van der Waals surface area contributed by atoms with Gasteiger partial charge < -0.3 is 43.1 Å². The number of halogens is 1. The van der Waals surface area contributed by atoms with Crippen LogP contribution in [-0.4, -0.2) is 70.7 Å². The van der Waals surface area contributed by atoms with E-state index in [4.69, 9.17) is 18.5 Å². The molecule has 196 valence electrons. The summed E-state index contributed by atoms with van der Waals surface area (Å²) < 4.78 is 46.3. The maximum absolute atomic E-state index is 12.2. The zero-order chi connectivity index (χ0) is 24.3. The van der Waals surface area contributed by atoms with Crippen LogP contribution in [-0.2, 0) is 23.1 Å². The molecule has 0 aromatic carbocycles. The van der Waals surface area contributed by atoms with Crippen LogP contribution in [0.2, 0.25) is 0 Å². The number of hydrogen-bond donors (Lipinski definition) is 1. The van der Waals surface area contributed by atoms with E-state index in [1.54, 1.807) is 13.8 Å². The monoisotopic (exact) mass is 635 g/mol. The van der Waals surface area contributed by atoms with Crippen LogP contribution in [0.25, 0.3) is 5.57 Å². The normalized spacial score (nSPS) is 19.6. The highest BCUT2D eigenvalue weighted by Gasteiger charge is 2.34. The molecule has 0 aliphatic carbocycles. The van der Waals surface area contributed by atoms with E-state index in [2.05, 4.69) is 26.5 Å². The van der Waals surface area contributed by atoms with Crippen molar-refractivity contribution in [1.29, 1.82) is 0 Å². The summed E-state index contributed by atoms with van der Waals surface area (Å²) in [6.07, 6.45) is 5.89. The third-order valence-corrected chi connectivity index (χ3v) is 6.25. The molecule has 0 saturated heterocycles. The lowest BCUT2D eigenvalue weighted by molar-refractivity contribution is -0.918. The molecule has 34 heavy (non-hydrogen) atoms. The number of carbonyl (C=O) groups excluding carboxylic acids is 1. The fourth-order valence-corrected chi connectivity index (χ4v) is 4.39. The molecular weight excluding hydrogens is 600 g/mol. The number of ether oxygens (including phenoxy) is 3. The SMILES string of the molecule is CCCCCCOc1nsnc1C1=CCC[N+](C)(COP(=O)(O)OCOC(=O)OC(C)C)C1.[I-]. The Bertz CT molecular complexity index is 840. The molecule has 1 aromatic rings. The fraction of sp³-hybridized carbons (Fsp3) is 0.750. The molecule has 1 N–H and O–H groups in total. The van der Waals surface area contributed by atoms with Gasteiger partial charge in [0, 0.05) is 12.0 Å². The van der Waals surface area contributed by atoms with Crippen molar-refractivity contribution in [2.75, 3.05) is 40.3 Å². The average Bonchev–Trinajstić information content (AvgIpc) is 3.20. The van der Waals surface area contributed by atoms with Crippen molar-refractivity contribution in [2.45, 2.75) is 59.0 Å². The number of quaternary nitrogens is 1. The lowest BCUT2D eigenvalue weighted by atomic mass is 10.1. The van der Waals surface area contributed by atoms with Crippen LogP contribution in [0.4, 0.5) is 4.79 Å². The first kappa shape index (κ1) is 31.2. The van der Waals surface area contributed by atoms with Crippen LogP contribution in [0.5, 0.6) is 5.88 Å². The largest absolute Gasteiger partial charge is 1.00 e. The minimum absolute atomic E-state index is 0. The maximum Gasteiger partial charge on any atom is 0.510 e. The topological polar surface area (TPSA) is 126 Å². The van der Waals surface area contributed by atoms with Gasteiger partial charge in [-0.05, 0) is 20.3 Å². The van der Waals surface area contributed by atoms with Crippen LogP contribution in [0.1, 0.15) is 58.6 Å². The molecule has 0 saturated carbocycles. The van der Waals surface area contributed by atoms with Crippen molar-refractivity contribution >= 4 is 31.3 Å². The highest BCUT2D eigenvalue weighted by molar-refractivity contribution is 7.47. The number of likely N-dealkylation sites (N-methyl/N-ethyl adjacent to an activating group) is 1. The molecule has 2 atom stereocenters. The van der Waals surface area contributed by atoms with Crippen molar-refractivity contribution in [3.8, 4) is 5.88 Å². The van der Waals surface area contributed by atoms with Crippen LogP contribution < -0.4 is 28.7 Å². The third kappa shape index (κ3) is 11.3. The number of hydrogen-bond acceptors (Lipinski definition) is 10. The van der Waals surface area contributed by atoms with Crippen molar-refractivity contribution in [3.63, 3.8) is 0 Å². The zero-order valence-corrected chi connectivity index (χ0v) is 24.0. The van der Waals surface area contributed by atoms with E-state index in [0.717, 1.165) is 36.6 Å². The van der Waals surface area contributed by atoms with Gasteiger partial charge in [-0.25, -0.2) is 18.4 Å². The number of nitrogens with zero attached hydrogens (tertiary/aromatic N) is 3. The van der Waals surface area contributed by atoms with E-state index in [9.17, 15) is 14.3 Å². The highest BCUT2D eigenvalue weighted by Crippen LogP contribution is 2.44. The molecule has 1 aliphatic rings. The summed E-state index contributed by atoms with van der Waals surface area (Å²) in [6.45, 7) is 6.45. The van der Waals surface area contributed by atoms with Crippen LogP contribution in [0.15, 0.2) is 6.08 Å². The van der Waals surface area contributed by atoms with Crippen molar-refractivity contribution in [2.24, 2.45) is 0 Å². The van der Waals surface area contributed by atoms with Gasteiger partial charge >= 0.3 is 14.0 Å². The second-order valence-electron chi connectivity index (χ2n) is 8.38. The minimum Gasteiger partial charge on any atom is -1.00 e. The summed E-state index contributed by atoms with van der Waals surface area (Å²) in [4.78, 5) is 21.2. The molecule has 2 heterocycles. The summed E-state index contributed by atoms with van der Waals surface area (Å²) in [5.74, 6) is 0.527. The predicted molar refractivity (Wildman–Crippen MR) is 122 cm³/mol. The predicted octanol–water partition coefficient (Wildman–Crippen LogP) is 1.35. The van der Waals surface area contributed by atoms with Crippen LogP contribution >= 0.6 is 19.6 Å². The summed E-state index contributed by atoms with van der Waals surface area (Å²) in [5, 5.41) is 0. The first-order chi connectivity index (χ1) is 15.6. The molecule has 11 nitrogen and oxygen atoms in total. The van der Waals surface area contributed by atoms with Crippen molar-refractivity contribution < 1.29 is 66.0 Å². The Labute approximate surface area is 222 Å². The van der Waals surface area contributed by atoms with Crippen LogP contribution in [0.3, 0.4) is 0 Å². The highest BCUT2D eigenvalue weighted by atomic mass is 127. The Balaban J connectivity index is 0.00000578. The molecule has 0 amide bonds. The molecular formula is C20H35IN3O8PS. The third-order valence-electron chi connectivity index (χ3n) is 4.87. The summed E-state index contributed by atoms with van der Waals surface area (Å²) in [5.41, 5.74) is 1.66. The number of carbonyl (C=O) groups is 1. The Morgan fingerprint density at radius 3 is 2.74 bits per heavy atom. The van der Waals surface area contributed by atoms with E-state index in [1.165, 1.54) is 12.8 Å². The smallest absolute Gasteiger partial charge is 0.510 e. The Hall–Kier alpha value is -0.830. The maximum atomic E-state index is 12.2. The van der Waals surface area contributed by atoms with Gasteiger partial charge in [0.15, 0.2) is 6.73 Å². The molecule has 2 unspecified atom stereocenters. The number of phosphoric acid groups is 1. The van der Waals surface area contributed by atoms with Gasteiger partial charge in [-0.1, -0.05) is 32.3 Å². The van der Waals surface area contributed by atoms with Crippen LogP contribution in [0, 0.1) is 0 Å². The van der Waals surface area contributed by atoms with Gasteiger partial charge in [-0.15, -0.1) is 4.37 Å². The molecule has 0 fully saturated rings. The summed E-state index contributed by atoms with van der Waals surface area (Å²) >= 11 is 1.10. The van der Waals surface area contributed by atoms with Crippen molar-refractivity contribution in [1.82, 2.24) is 8.75 Å². The lowest BCUT2D eigenvalue weighted by Crippen LogP contribution is -3.00. The second kappa shape index (κ2) is 15.3. The molecule has 0 spiro atoms. The summed E-state index contributed by atoms with van der Waals surface area (Å²) in [6, 6.07) is 0. The number of unbranched alkanes of at least 4 members (excludes halogenated alkanes) is 3. The first-order valence-corrected chi connectivity index (χ1v) is 13.3. The summed E-state index contributed by atoms with van der Waals surface area (Å²) in [7, 11) is -2.51. The van der Waals surface area contributed by atoms with Gasteiger partial charge in [0.1, 0.15) is 12.2 Å². The number of rotatable bonds is 14. The molecule has 0 radical (unpaired) electrons. The Morgan fingerprint density at radius 2 is 2.03 bits per heavy atom. The second-order valence-corrected chi connectivity index (χ2v) is 10.4. The minimum atomic E-state index is -4.42. The van der Waals surface area contributed by atoms with Gasteiger partial charge in [0.2, 0.25) is 6.79 Å². The van der Waals surface area contributed by atoms with Gasteiger partial charge in [-0.2, -0.15) is 4.37 Å². The van der Waals surface area contributed by atoms with E-state index in [1.807, 2.05) is 7.05 Å². The lowest BCUT2D eigenvalue weighted by Gasteiger charge is -2.37. The standard InChI is InChI=1S/C20H34N3O8PS.HI/c1-5-6-7-8-12-27-19-18(21-33-22-19)17-10-9-11-23(4,13-17)14-29-32(25,26)30-15-28-20(24)31-16(2)3;/h10,16H,5-9,11-15H2,1-4H3;1H. The van der Waals surface area contributed by atoms with E-state index in [-0.39, 0.29) is 36.8 Å². The van der Waals surface area contributed by atoms with Gasteiger partial charge in [-0.3, -0.25) is 4.48 Å². The van der Waals surface area contributed by atoms with E-state index in [0.29, 0.717) is 35.8 Å². The number of phosphoric ester groups is 1. The Morgan fingerprint density at radius 1 is 1.26 bits per heavy atom. The molecule has 0 bridgehead atoms. The molecule has 14 heteroatoms.